The zero-order chi connectivity index (χ0) is 10.1. The van der Waals surface area contributed by atoms with Gasteiger partial charge in [-0.2, -0.15) is 0 Å². The van der Waals surface area contributed by atoms with Crippen molar-refractivity contribution in [2.75, 3.05) is 0 Å². The van der Waals surface area contributed by atoms with Crippen molar-refractivity contribution in [2.24, 2.45) is 0 Å². The summed E-state index contributed by atoms with van der Waals surface area (Å²) in [6.45, 7) is 0. The predicted molar refractivity (Wildman–Crippen MR) is 52.4 cm³/mol. The zero-order valence-electron chi connectivity index (χ0n) is 7.12. The lowest BCUT2D eigenvalue weighted by atomic mass is 10.1. The fourth-order valence-electron chi connectivity index (χ4n) is 1.36. The number of rotatable bonds is 2. The summed E-state index contributed by atoms with van der Waals surface area (Å²) in [6, 6.07) is 1.66. The van der Waals surface area contributed by atoms with Crippen LogP contribution in [-0.4, -0.2) is 21.0 Å². The van der Waals surface area contributed by atoms with Crippen molar-refractivity contribution >= 4 is 28.5 Å². The topological polar surface area (TPSA) is 66.0 Å². The van der Waals surface area contributed by atoms with Crippen LogP contribution in [0.2, 0.25) is 5.15 Å². The van der Waals surface area contributed by atoms with E-state index >= 15 is 0 Å². The highest BCUT2D eigenvalue weighted by molar-refractivity contribution is 6.30. The highest BCUT2D eigenvalue weighted by atomic mass is 35.5. The standard InChI is InChI=1S/C9H7ClN2O2/c10-8-2-6-5(1-9(13)14)3-11-7(6)4-12-8/h2-4,11H,1H2,(H,13,14). The first-order valence-corrected chi connectivity index (χ1v) is 4.38. The SMILES string of the molecule is O=C(O)Cc1c[nH]c2cnc(Cl)cc12. The first-order chi connectivity index (χ1) is 6.66. The molecular formula is C9H7ClN2O2. The summed E-state index contributed by atoms with van der Waals surface area (Å²) in [7, 11) is 0. The van der Waals surface area contributed by atoms with E-state index in [0.717, 1.165) is 16.5 Å². The average Bonchev–Trinajstić information content (AvgIpc) is 2.47. The number of nitrogens with zero attached hydrogens (tertiary/aromatic N) is 1. The fourth-order valence-corrected chi connectivity index (χ4v) is 1.52. The first-order valence-electron chi connectivity index (χ1n) is 4.00. The quantitative estimate of drug-likeness (QED) is 0.744. The molecule has 14 heavy (non-hydrogen) atoms. The van der Waals surface area contributed by atoms with Gasteiger partial charge in [-0.3, -0.25) is 4.79 Å². The minimum Gasteiger partial charge on any atom is -0.481 e. The van der Waals surface area contributed by atoms with Crippen molar-refractivity contribution < 1.29 is 9.90 Å². The molecule has 5 heteroatoms. The van der Waals surface area contributed by atoms with Crippen LogP contribution in [0.5, 0.6) is 0 Å². The van der Waals surface area contributed by atoms with E-state index in [1.165, 1.54) is 0 Å². The molecule has 0 aliphatic rings. The Morgan fingerprint density at radius 3 is 3.14 bits per heavy atom. The molecule has 0 radical (unpaired) electrons. The Morgan fingerprint density at radius 1 is 1.64 bits per heavy atom. The molecule has 72 valence electrons. The van der Waals surface area contributed by atoms with Gasteiger partial charge < -0.3 is 10.1 Å². The molecule has 0 aliphatic carbocycles. The Kier molecular flexibility index (Phi) is 2.13. The average molecular weight is 211 g/mol. The molecule has 4 nitrogen and oxygen atoms in total. The molecule has 0 unspecified atom stereocenters. The predicted octanol–water partition coefficient (Wildman–Crippen LogP) is 1.84. The van der Waals surface area contributed by atoms with E-state index < -0.39 is 5.97 Å². The number of carbonyl (C=O) groups is 1. The summed E-state index contributed by atoms with van der Waals surface area (Å²) >= 11 is 5.71. The lowest BCUT2D eigenvalue weighted by Gasteiger charge is -1.94. The van der Waals surface area contributed by atoms with Crippen molar-refractivity contribution in [3.05, 3.63) is 29.2 Å². The van der Waals surface area contributed by atoms with Gasteiger partial charge in [-0.05, 0) is 11.6 Å². The van der Waals surface area contributed by atoms with E-state index in [9.17, 15) is 4.79 Å². The second-order valence-electron chi connectivity index (χ2n) is 2.94. The van der Waals surface area contributed by atoms with Crippen LogP contribution < -0.4 is 0 Å². The minimum absolute atomic E-state index is 0.0135. The summed E-state index contributed by atoms with van der Waals surface area (Å²) in [5.74, 6) is -0.862. The number of pyridine rings is 1. The van der Waals surface area contributed by atoms with Crippen LogP contribution in [0.1, 0.15) is 5.56 Å². The monoisotopic (exact) mass is 210 g/mol. The Balaban J connectivity index is 2.55. The van der Waals surface area contributed by atoms with Crippen LogP contribution in [0.3, 0.4) is 0 Å². The van der Waals surface area contributed by atoms with Crippen molar-refractivity contribution in [2.45, 2.75) is 6.42 Å². The van der Waals surface area contributed by atoms with Crippen molar-refractivity contribution in [1.82, 2.24) is 9.97 Å². The van der Waals surface area contributed by atoms with Gasteiger partial charge >= 0.3 is 5.97 Å². The van der Waals surface area contributed by atoms with Crippen LogP contribution in [-0.2, 0) is 11.2 Å². The first kappa shape index (κ1) is 9.02. The lowest BCUT2D eigenvalue weighted by molar-refractivity contribution is -0.136. The molecule has 0 fully saturated rings. The van der Waals surface area contributed by atoms with Crippen LogP contribution in [0.4, 0.5) is 0 Å². The van der Waals surface area contributed by atoms with Gasteiger partial charge in [0.05, 0.1) is 18.1 Å². The molecule has 2 N–H and O–H groups in total. The van der Waals surface area contributed by atoms with E-state index in [-0.39, 0.29) is 6.42 Å². The maximum absolute atomic E-state index is 10.5. The molecule has 0 aromatic carbocycles. The van der Waals surface area contributed by atoms with Crippen molar-refractivity contribution in [1.29, 1.82) is 0 Å². The number of fused-ring (bicyclic) bond motifs is 1. The molecule has 0 saturated heterocycles. The molecular weight excluding hydrogens is 204 g/mol. The molecule has 0 bridgehead atoms. The molecule has 0 aliphatic heterocycles. The number of hydrogen-bond acceptors (Lipinski definition) is 2. The molecule has 0 saturated carbocycles. The largest absolute Gasteiger partial charge is 0.481 e. The minimum atomic E-state index is -0.862. The number of aromatic nitrogens is 2. The van der Waals surface area contributed by atoms with Crippen LogP contribution in [0, 0.1) is 0 Å². The zero-order valence-corrected chi connectivity index (χ0v) is 7.88. The summed E-state index contributed by atoms with van der Waals surface area (Å²) in [4.78, 5) is 17.4. The Hall–Kier alpha value is -1.55. The fraction of sp³-hybridized carbons (Fsp3) is 0.111. The van der Waals surface area contributed by atoms with E-state index in [2.05, 4.69) is 9.97 Å². The smallest absolute Gasteiger partial charge is 0.307 e. The van der Waals surface area contributed by atoms with Gasteiger partial charge in [-0.15, -0.1) is 0 Å². The third-order valence-electron chi connectivity index (χ3n) is 1.96. The lowest BCUT2D eigenvalue weighted by Crippen LogP contribution is -1.98. The van der Waals surface area contributed by atoms with Gasteiger partial charge in [0, 0.05) is 11.6 Å². The summed E-state index contributed by atoms with van der Waals surface area (Å²) < 4.78 is 0. The molecule has 0 atom stereocenters. The summed E-state index contributed by atoms with van der Waals surface area (Å²) in [5, 5.41) is 9.83. The number of nitrogens with one attached hydrogen (secondary N) is 1. The Bertz CT molecular complexity index is 493. The van der Waals surface area contributed by atoms with Gasteiger partial charge in [0.2, 0.25) is 0 Å². The van der Waals surface area contributed by atoms with Gasteiger partial charge in [0.25, 0.3) is 0 Å². The maximum atomic E-state index is 10.5. The molecule has 2 aromatic rings. The van der Waals surface area contributed by atoms with Crippen LogP contribution >= 0.6 is 11.6 Å². The van der Waals surface area contributed by atoms with E-state index in [1.807, 2.05) is 0 Å². The third-order valence-corrected chi connectivity index (χ3v) is 2.17. The Labute approximate surface area is 84.5 Å². The van der Waals surface area contributed by atoms with Crippen molar-refractivity contribution in [3.8, 4) is 0 Å². The number of H-pyrrole nitrogens is 1. The molecule has 2 heterocycles. The normalized spacial score (nSPS) is 10.6. The second-order valence-corrected chi connectivity index (χ2v) is 3.32. The third kappa shape index (κ3) is 1.56. The molecule has 2 rings (SSSR count). The van der Waals surface area contributed by atoms with Gasteiger partial charge in [0.1, 0.15) is 5.15 Å². The van der Waals surface area contributed by atoms with Crippen LogP contribution in [0.25, 0.3) is 10.9 Å². The van der Waals surface area contributed by atoms with Gasteiger partial charge in [-0.25, -0.2) is 4.98 Å². The Morgan fingerprint density at radius 2 is 2.43 bits per heavy atom. The highest BCUT2D eigenvalue weighted by Crippen LogP contribution is 2.20. The summed E-state index contributed by atoms with van der Waals surface area (Å²) in [6.07, 6.45) is 3.24. The van der Waals surface area contributed by atoms with E-state index in [0.29, 0.717) is 5.15 Å². The van der Waals surface area contributed by atoms with Crippen LogP contribution in [0.15, 0.2) is 18.5 Å². The highest BCUT2D eigenvalue weighted by Gasteiger charge is 2.07. The number of aliphatic carboxylic acids is 1. The van der Waals surface area contributed by atoms with Crippen molar-refractivity contribution in [3.63, 3.8) is 0 Å². The summed E-state index contributed by atoms with van der Waals surface area (Å²) in [5.41, 5.74) is 1.52. The number of carboxylic acids is 1. The number of aromatic amines is 1. The molecule has 2 aromatic heterocycles. The second kappa shape index (κ2) is 3.31. The van der Waals surface area contributed by atoms with Gasteiger partial charge in [0.15, 0.2) is 0 Å². The van der Waals surface area contributed by atoms with Gasteiger partial charge in [-0.1, -0.05) is 11.6 Å². The molecule has 0 amide bonds. The van der Waals surface area contributed by atoms with E-state index in [1.54, 1.807) is 18.5 Å². The number of hydrogen-bond donors (Lipinski definition) is 2. The molecule has 0 spiro atoms. The number of carboxylic acid groups (broad SMARTS) is 1. The maximum Gasteiger partial charge on any atom is 0.307 e. The van der Waals surface area contributed by atoms with E-state index in [4.69, 9.17) is 16.7 Å². The number of halogens is 1.